The van der Waals surface area contributed by atoms with E-state index in [-0.39, 0.29) is 5.91 Å². The van der Waals surface area contributed by atoms with Crippen molar-refractivity contribution in [2.24, 2.45) is 5.92 Å². The van der Waals surface area contributed by atoms with E-state index in [4.69, 9.17) is 0 Å². The molecule has 1 fully saturated rings. The van der Waals surface area contributed by atoms with Crippen LogP contribution in [0.15, 0.2) is 41.2 Å². The lowest BCUT2D eigenvalue weighted by atomic mass is 9.85. The highest BCUT2D eigenvalue weighted by atomic mass is 32.1. The van der Waals surface area contributed by atoms with Crippen molar-refractivity contribution in [3.63, 3.8) is 0 Å². The summed E-state index contributed by atoms with van der Waals surface area (Å²) in [4.78, 5) is 18.9. The van der Waals surface area contributed by atoms with E-state index in [9.17, 15) is 4.79 Å². The number of carbonyl (C=O) groups is 1. The number of aromatic nitrogens is 1. The van der Waals surface area contributed by atoms with Crippen LogP contribution in [0.4, 0.5) is 0 Å². The molecule has 1 saturated carbocycles. The molecule has 1 aromatic carbocycles. The predicted molar refractivity (Wildman–Crippen MR) is 89.6 cm³/mol. The number of nitrogens with zero attached hydrogens (tertiary/aromatic N) is 2. The number of benzene rings is 1. The predicted octanol–water partition coefficient (Wildman–Crippen LogP) is 3.90. The third kappa shape index (κ3) is 4.17. The molecule has 0 unspecified atom stereocenters. The Labute approximate surface area is 136 Å². The summed E-state index contributed by atoms with van der Waals surface area (Å²) in [6.07, 6.45) is 5.16. The molecule has 0 bridgehead atoms. The summed E-state index contributed by atoms with van der Waals surface area (Å²) >= 11 is 1.59. The molecule has 0 N–H and O–H groups in total. The summed E-state index contributed by atoms with van der Waals surface area (Å²) in [5, 5.41) is 2.03. The molecular weight excluding hydrogens is 292 g/mol. The first-order valence-electron chi connectivity index (χ1n) is 8.00. The zero-order chi connectivity index (χ0) is 15.2. The number of amides is 1. The molecule has 1 heterocycles. The molecule has 0 radical (unpaired) electrons. The fraction of sp³-hybridized carbons (Fsp3) is 0.444. The van der Waals surface area contributed by atoms with Gasteiger partial charge in [-0.05, 0) is 30.7 Å². The Bertz CT molecular complexity index is 578. The van der Waals surface area contributed by atoms with Gasteiger partial charge in [-0.15, -0.1) is 11.3 Å². The molecule has 1 amide bonds. The number of rotatable bonds is 7. The van der Waals surface area contributed by atoms with Gasteiger partial charge in [0.1, 0.15) is 0 Å². The van der Waals surface area contributed by atoms with Gasteiger partial charge in [0.15, 0.2) is 0 Å². The van der Waals surface area contributed by atoms with Gasteiger partial charge in [-0.3, -0.25) is 4.79 Å². The fourth-order valence-corrected chi connectivity index (χ4v) is 3.39. The van der Waals surface area contributed by atoms with Crippen molar-refractivity contribution in [1.82, 2.24) is 9.88 Å². The number of hydrogen-bond acceptors (Lipinski definition) is 3. The summed E-state index contributed by atoms with van der Waals surface area (Å²) in [5.74, 6) is 0.954. The molecule has 3 rings (SSSR count). The zero-order valence-corrected chi connectivity index (χ0v) is 13.6. The van der Waals surface area contributed by atoms with E-state index in [2.05, 4.69) is 17.1 Å². The molecule has 3 nitrogen and oxygen atoms in total. The monoisotopic (exact) mass is 314 g/mol. The van der Waals surface area contributed by atoms with E-state index in [1.807, 2.05) is 34.0 Å². The highest BCUT2D eigenvalue weighted by Gasteiger charge is 2.23. The van der Waals surface area contributed by atoms with Crippen LogP contribution >= 0.6 is 11.3 Å². The van der Waals surface area contributed by atoms with Crippen LogP contribution in [0.3, 0.4) is 0 Å². The van der Waals surface area contributed by atoms with E-state index < -0.39 is 0 Å². The van der Waals surface area contributed by atoms with Gasteiger partial charge in [-0.1, -0.05) is 36.8 Å². The Morgan fingerprint density at radius 2 is 2.09 bits per heavy atom. The Morgan fingerprint density at radius 3 is 2.73 bits per heavy atom. The maximum atomic E-state index is 12.6. The lowest BCUT2D eigenvalue weighted by Gasteiger charge is -2.32. The van der Waals surface area contributed by atoms with Crippen molar-refractivity contribution in [1.29, 1.82) is 0 Å². The van der Waals surface area contributed by atoms with E-state index in [1.54, 1.807) is 11.3 Å². The molecule has 1 aromatic heterocycles. The zero-order valence-electron chi connectivity index (χ0n) is 12.8. The van der Waals surface area contributed by atoms with Crippen LogP contribution in [0.25, 0.3) is 0 Å². The third-order valence-electron chi connectivity index (χ3n) is 4.35. The van der Waals surface area contributed by atoms with Gasteiger partial charge in [0, 0.05) is 24.9 Å². The third-order valence-corrected chi connectivity index (χ3v) is 4.99. The van der Waals surface area contributed by atoms with Crippen LogP contribution in [-0.2, 0) is 17.8 Å². The molecule has 2 aromatic rings. The molecule has 1 aliphatic rings. The molecule has 22 heavy (non-hydrogen) atoms. The molecule has 0 spiro atoms. The van der Waals surface area contributed by atoms with Crippen molar-refractivity contribution in [3.05, 3.63) is 52.5 Å². The first-order valence-corrected chi connectivity index (χ1v) is 8.94. The maximum absolute atomic E-state index is 12.6. The normalized spacial score (nSPS) is 14.5. The van der Waals surface area contributed by atoms with Gasteiger partial charge < -0.3 is 4.90 Å². The smallest absolute Gasteiger partial charge is 0.223 e. The van der Waals surface area contributed by atoms with Gasteiger partial charge in [0.05, 0.1) is 11.2 Å². The minimum atomic E-state index is 0.253. The second-order valence-electron chi connectivity index (χ2n) is 6.04. The van der Waals surface area contributed by atoms with Crippen molar-refractivity contribution in [3.8, 4) is 0 Å². The maximum Gasteiger partial charge on any atom is 0.223 e. The van der Waals surface area contributed by atoms with E-state index in [0.29, 0.717) is 12.3 Å². The topological polar surface area (TPSA) is 33.2 Å². The Kier molecular flexibility index (Phi) is 5.22. The second-order valence-corrected chi connectivity index (χ2v) is 6.76. The van der Waals surface area contributed by atoms with Crippen LogP contribution < -0.4 is 0 Å². The standard InChI is InChI=1S/C18H22N2OS/c21-18(10-9-17-13-22-14-19-17)20(12-16-7-4-8-16)11-15-5-2-1-3-6-15/h1-3,5-6,13-14,16H,4,7-12H2. The Hall–Kier alpha value is -1.68. The number of thiazole rings is 1. The van der Waals surface area contributed by atoms with Crippen LogP contribution in [0.5, 0.6) is 0 Å². The van der Waals surface area contributed by atoms with Crippen LogP contribution in [-0.4, -0.2) is 22.3 Å². The molecule has 0 saturated heterocycles. The lowest BCUT2D eigenvalue weighted by molar-refractivity contribution is -0.132. The number of carbonyl (C=O) groups excluding carboxylic acids is 1. The van der Waals surface area contributed by atoms with Crippen molar-refractivity contribution < 1.29 is 4.79 Å². The lowest BCUT2D eigenvalue weighted by Crippen LogP contribution is -2.37. The van der Waals surface area contributed by atoms with Crippen molar-refractivity contribution in [2.75, 3.05) is 6.54 Å². The average molecular weight is 314 g/mol. The Balaban J connectivity index is 1.60. The number of aryl methyl sites for hydroxylation is 1. The van der Waals surface area contributed by atoms with Gasteiger partial charge in [-0.25, -0.2) is 4.98 Å². The van der Waals surface area contributed by atoms with Crippen LogP contribution in [0.1, 0.15) is 36.9 Å². The average Bonchev–Trinajstić information content (AvgIpc) is 3.01. The minimum absolute atomic E-state index is 0.253. The van der Waals surface area contributed by atoms with Gasteiger partial charge >= 0.3 is 0 Å². The largest absolute Gasteiger partial charge is 0.338 e. The first kappa shape index (κ1) is 15.2. The van der Waals surface area contributed by atoms with Gasteiger partial charge in [0.2, 0.25) is 5.91 Å². The first-order chi connectivity index (χ1) is 10.8. The van der Waals surface area contributed by atoms with Gasteiger partial charge in [-0.2, -0.15) is 0 Å². The van der Waals surface area contributed by atoms with E-state index in [0.717, 1.165) is 25.2 Å². The van der Waals surface area contributed by atoms with Crippen LogP contribution in [0, 0.1) is 5.92 Å². The van der Waals surface area contributed by atoms with E-state index in [1.165, 1.54) is 24.8 Å². The molecule has 0 aliphatic heterocycles. The molecule has 0 atom stereocenters. The fourth-order valence-electron chi connectivity index (χ4n) is 2.80. The number of hydrogen-bond donors (Lipinski definition) is 0. The highest BCUT2D eigenvalue weighted by Crippen LogP contribution is 2.28. The molecule has 4 heteroatoms. The summed E-state index contributed by atoms with van der Waals surface area (Å²) in [5.41, 5.74) is 4.07. The SMILES string of the molecule is O=C(CCc1cscn1)N(Cc1ccccc1)CC1CCC1. The van der Waals surface area contributed by atoms with Gasteiger partial charge in [0.25, 0.3) is 0 Å². The summed E-state index contributed by atoms with van der Waals surface area (Å²) in [6, 6.07) is 10.3. The minimum Gasteiger partial charge on any atom is -0.338 e. The van der Waals surface area contributed by atoms with Crippen molar-refractivity contribution in [2.45, 2.75) is 38.6 Å². The molecular formula is C18H22N2OS. The summed E-state index contributed by atoms with van der Waals surface area (Å²) in [6.45, 7) is 1.64. The molecule has 1 aliphatic carbocycles. The summed E-state index contributed by atoms with van der Waals surface area (Å²) in [7, 11) is 0. The molecule has 116 valence electrons. The highest BCUT2D eigenvalue weighted by molar-refractivity contribution is 7.07. The van der Waals surface area contributed by atoms with Crippen molar-refractivity contribution >= 4 is 17.2 Å². The van der Waals surface area contributed by atoms with E-state index >= 15 is 0 Å². The Morgan fingerprint density at radius 1 is 1.27 bits per heavy atom. The second kappa shape index (κ2) is 7.54. The summed E-state index contributed by atoms with van der Waals surface area (Å²) < 4.78 is 0. The quantitative estimate of drug-likeness (QED) is 0.776. The van der Waals surface area contributed by atoms with Crippen LogP contribution in [0.2, 0.25) is 0 Å².